The van der Waals surface area contributed by atoms with Crippen molar-refractivity contribution in [1.82, 2.24) is 15.5 Å². The first-order valence-electron chi connectivity index (χ1n) is 10.3. The molecule has 2 N–H and O–H groups in total. The summed E-state index contributed by atoms with van der Waals surface area (Å²) in [5.74, 6) is 1.67. The molecule has 1 aliphatic heterocycles. The van der Waals surface area contributed by atoms with E-state index in [0.717, 1.165) is 62.5 Å². The molecule has 31 heavy (non-hydrogen) atoms. The molecule has 0 amide bonds. The van der Waals surface area contributed by atoms with Crippen LogP contribution < -0.4 is 15.4 Å². The van der Waals surface area contributed by atoms with Crippen LogP contribution in [0.15, 0.2) is 53.5 Å². The van der Waals surface area contributed by atoms with Gasteiger partial charge in [0, 0.05) is 38.2 Å². The molecule has 2 aromatic rings. The first-order chi connectivity index (χ1) is 14.7. The molecule has 6 nitrogen and oxygen atoms in total. The lowest BCUT2D eigenvalue weighted by atomic mass is 10.0. The van der Waals surface area contributed by atoms with Crippen molar-refractivity contribution in [2.75, 3.05) is 53.6 Å². The van der Waals surface area contributed by atoms with E-state index in [0.29, 0.717) is 0 Å². The van der Waals surface area contributed by atoms with Gasteiger partial charge in [-0.3, -0.25) is 9.89 Å². The molecule has 0 aromatic heterocycles. The molecular weight excluding hydrogens is 527 g/mol. The maximum absolute atomic E-state index is 5.96. The summed E-state index contributed by atoms with van der Waals surface area (Å²) in [5, 5.41) is 7.66. The van der Waals surface area contributed by atoms with Crippen LogP contribution in [0, 0.1) is 0 Å². The molecule has 0 spiro atoms. The minimum atomic E-state index is 0. The summed E-state index contributed by atoms with van der Waals surface area (Å²) >= 11 is 5.96. The van der Waals surface area contributed by atoms with Gasteiger partial charge in [-0.15, -0.1) is 24.0 Å². The van der Waals surface area contributed by atoms with E-state index in [2.05, 4.69) is 44.8 Å². The molecule has 8 heteroatoms. The van der Waals surface area contributed by atoms with Gasteiger partial charge in [-0.2, -0.15) is 0 Å². The van der Waals surface area contributed by atoms with E-state index < -0.39 is 0 Å². The van der Waals surface area contributed by atoms with Gasteiger partial charge in [0.2, 0.25) is 0 Å². The summed E-state index contributed by atoms with van der Waals surface area (Å²) in [5.41, 5.74) is 2.49. The topological polar surface area (TPSA) is 58.1 Å². The molecule has 1 unspecified atom stereocenters. The maximum Gasteiger partial charge on any atom is 0.191 e. The van der Waals surface area contributed by atoms with Crippen LogP contribution in [0.1, 0.15) is 17.2 Å². The van der Waals surface area contributed by atoms with E-state index in [-0.39, 0.29) is 30.0 Å². The number of methoxy groups -OCH3 is 1. The number of hydrogen-bond donors (Lipinski definition) is 2. The summed E-state index contributed by atoms with van der Waals surface area (Å²) < 4.78 is 10.9. The molecule has 3 rings (SSSR count). The Morgan fingerprint density at radius 1 is 1.10 bits per heavy atom. The Balaban J connectivity index is 0.00000341. The fourth-order valence-corrected chi connectivity index (χ4v) is 3.69. The van der Waals surface area contributed by atoms with Crippen molar-refractivity contribution in [2.45, 2.75) is 12.5 Å². The quantitative estimate of drug-likeness (QED) is 0.294. The zero-order valence-electron chi connectivity index (χ0n) is 18.1. The molecule has 1 aliphatic rings. The fraction of sp³-hybridized carbons (Fsp3) is 0.435. The molecule has 170 valence electrons. The van der Waals surface area contributed by atoms with E-state index in [1.165, 1.54) is 11.1 Å². The number of aliphatic imine (C=N–C) groups is 1. The molecule has 1 fully saturated rings. The standard InChI is InChI=1S/C23H31ClN4O2.HI/c1-25-23(26-12-11-18-3-7-20(24)8-4-18)27-17-22(28-13-15-30-16-14-28)19-5-9-21(29-2)10-6-19;/h3-10,22H,11-17H2,1-2H3,(H2,25,26,27);1H. The number of halogens is 2. The Hall–Kier alpha value is -1.55. The molecule has 0 radical (unpaired) electrons. The van der Waals surface area contributed by atoms with Gasteiger partial charge in [-0.1, -0.05) is 35.9 Å². The van der Waals surface area contributed by atoms with E-state index in [4.69, 9.17) is 21.1 Å². The van der Waals surface area contributed by atoms with Gasteiger partial charge in [0.1, 0.15) is 5.75 Å². The molecule has 0 aliphatic carbocycles. The highest BCUT2D eigenvalue weighted by Crippen LogP contribution is 2.23. The Morgan fingerprint density at radius 3 is 2.39 bits per heavy atom. The van der Waals surface area contributed by atoms with Crippen molar-refractivity contribution in [3.63, 3.8) is 0 Å². The number of nitrogens with zero attached hydrogens (tertiary/aromatic N) is 2. The third-order valence-electron chi connectivity index (χ3n) is 5.29. The van der Waals surface area contributed by atoms with E-state index in [1.807, 2.05) is 24.3 Å². The van der Waals surface area contributed by atoms with E-state index in [1.54, 1.807) is 14.2 Å². The highest BCUT2D eigenvalue weighted by Gasteiger charge is 2.23. The van der Waals surface area contributed by atoms with E-state index >= 15 is 0 Å². The van der Waals surface area contributed by atoms with E-state index in [9.17, 15) is 0 Å². The molecule has 1 saturated heterocycles. The smallest absolute Gasteiger partial charge is 0.191 e. The average Bonchev–Trinajstić information content (AvgIpc) is 2.80. The number of rotatable bonds is 8. The second-order valence-corrected chi connectivity index (χ2v) is 7.63. The van der Waals surface area contributed by atoms with Crippen molar-refractivity contribution < 1.29 is 9.47 Å². The molecular formula is C23H32ClIN4O2. The second-order valence-electron chi connectivity index (χ2n) is 7.19. The van der Waals surface area contributed by atoms with Crippen LogP contribution in [0.5, 0.6) is 5.75 Å². The fourth-order valence-electron chi connectivity index (χ4n) is 3.56. The molecule has 1 atom stereocenters. The number of benzene rings is 2. The largest absolute Gasteiger partial charge is 0.497 e. The maximum atomic E-state index is 5.96. The van der Waals surface area contributed by atoms with Gasteiger partial charge < -0.3 is 20.1 Å². The van der Waals surface area contributed by atoms with Crippen LogP contribution in [0.3, 0.4) is 0 Å². The van der Waals surface area contributed by atoms with Gasteiger partial charge in [0.15, 0.2) is 5.96 Å². The van der Waals surface area contributed by atoms with Crippen molar-refractivity contribution in [3.8, 4) is 5.75 Å². The summed E-state index contributed by atoms with van der Waals surface area (Å²) in [6.07, 6.45) is 0.906. The molecule has 0 bridgehead atoms. The molecule has 2 aromatic carbocycles. The molecule has 0 saturated carbocycles. The van der Waals surface area contributed by atoms with Crippen LogP contribution in [-0.4, -0.2) is 64.4 Å². The van der Waals surface area contributed by atoms with Crippen LogP contribution in [0.25, 0.3) is 0 Å². The first-order valence-corrected chi connectivity index (χ1v) is 10.7. The number of morpholine rings is 1. The third-order valence-corrected chi connectivity index (χ3v) is 5.54. The predicted octanol–water partition coefficient (Wildman–Crippen LogP) is 3.75. The Kier molecular flexibility index (Phi) is 11.4. The Bertz CT molecular complexity index is 796. The van der Waals surface area contributed by atoms with Gasteiger partial charge in [-0.05, 0) is 41.8 Å². The predicted molar refractivity (Wildman–Crippen MR) is 138 cm³/mol. The second kappa shape index (κ2) is 13.8. The van der Waals surface area contributed by atoms with Gasteiger partial charge in [-0.25, -0.2) is 0 Å². The van der Waals surface area contributed by atoms with Crippen LogP contribution >= 0.6 is 35.6 Å². The monoisotopic (exact) mass is 558 g/mol. The lowest BCUT2D eigenvalue weighted by Gasteiger charge is -2.35. The van der Waals surface area contributed by atoms with Gasteiger partial charge in [0.05, 0.1) is 26.4 Å². The third kappa shape index (κ3) is 8.14. The van der Waals surface area contributed by atoms with Crippen molar-refractivity contribution in [2.24, 2.45) is 4.99 Å². The van der Waals surface area contributed by atoms with Crippen LogP contribution in [-0.2, 0) is 11.2 Å². The van der Waals surface area contributed by atoms with Gasteiger partial charge >= 0.3 is 0 Å². The lowest BCUT2D eigenvalue weighted by Crippen LogP contribution is -2.46. The Morgan fingerprint density at radius 2 is 1.77 bits per heavy atom. The number of guanidine groups is 1. The summed E-state index contributed by atoms with van der Waals surface area (Å²) in [7, 11) is 3.49. The minimum absolute atomic E-state index is 0. The Labute approximate surface area is 207 Å². The van der Waals surface area contributed by atoms with Crippen molar-refractivity contribution >= 4 is 41.5 Å². The van der Waals surface area contributed by atoms with Crippen molar-refractivity contribution in [1.29, 1.82) is 0 Å². The summed E-state index contributed by atoms with van der Waals surface area (Å²) in [4.78, 5) is 6.84. The number of nitrogens with one attached hydrogen (secondary N) is 2. The SMILES string of the molecule is CN=C(NCCc1ccc(Cl)cc1)NCC(c1ccc(OC)cc1)N1CCOCC1.I. The van der Waals surface area contributed by atoms with Crippen LogP contribution in [0.2, 0.25) is 5.02 Å². The van der Waals surface area contributed by atoms with Gasteiger partial charge in [0.25, 0.3) is 0 Å². The highest BCUT2D eigenvalue weighted by molar-refractivity contribution is 14.0. The highest BCUT2D eigenvalue weighted by atomic mass is 127. The lowest BCUT2D eigenvalue weighted by molar-refractivity contribution is 0.0170. The first kappa shape index (κ1) is 25.7. The number of ether oxygens (including phenoxy) is 2. The molecule has 1 heterocycles. The zero-order chi connectivity index (χ0) is 21.2. The summed E-state index contributed by atoms with van der Waals surface area (Å²) in [6.45, 7) is 4.92. The van der Waals surface area contributed by atoms with Crippen LogP contribution in [0.4, 0.5) is 0 Å². The zero-order valence-corrected chi connectivity index (χ0v) is 21.2. The minimum Gasteiger partial charge on any atom is -0.497 e. The summed E-state index contributed by atoms with van der Waals surface area (Å²) in [6, 6.07) is 16.5. The average molecular weight is 559 g/mol. The normalized spacial score (nSPS) is 15.6. The number of hydrogen-bond acceptors (Lipinski definition) is 4. The van der Waals surface area contributed by atoms with Crippen molar-refractivity contribution in [3.05, 3.63) is 64.7 Å².